The maximum atomic E-state index is 12.2. The first-order valence-corrected chi connectivity index (χ1v) is 10.7. The molecule has 0 bridgehead atoms. The molecule has 0 heterocycles. The van der Waals surface area contributed by atoms with Gasteiger partial charge in [0.05, 0.1) is 5.75 Å². The summed E-state index contributed by atoms with van der Waals surface area (Å²) < 4.78 is 71.2. The summed E-state index contributed by atoms with van der Waals surface area (Å²) in [5, 5.41) is 9.39. The van der Waals surface area contributed by atoms with E-state index in [-0.39, 0.29) is 18.3 Å². The molecule has 0 unspecified atom stereocenters. The minimum atomic E-state index is -4.41. The highest BCUT2D eigenvalue weighted by Gasteiger charge is 2.28. The molecule has 0 radical (unpaired) electrons. The summed E-state index contributed by atoms with van der Waals surface area (Å²) in [6.07, 6.45) is -4.71. The summed E-state index contributed by atoms with van der Waals surface area (Å²) in [4.78, 5) is 0. The topological polar surface area (TPSA) is 72.8 Å². The summed E-state index contributed by atoms with van der Waals surface area (Å²) in [6.45, 7) is 0.0869. The number of aliphatic hydroxyl groups is 1. The Labute approximate surface area is 167 Å². The van der Waals surface area contributed by atoms with Crippen LogP contribution in [0.15, 0.2) is 42.5 Å². The Kier molecular flexibility index (Phi) is 6.38. The van der Waals surface area contributed by atoms with Gasteiger partial charge in [-0.15, -0.1) is 0 Å². The average molecular weight is 430 g/mol. The molecule has 1 aliphatic rings. The molecule has 0 fully saturated rings. The second-order valence-electron chi connectivity index (χ2n) is 6.99. The van der Waals surface area contributed by atoms with Crippen LogP contribution < -0.4 is 8.92 Å². The van der Waals surface area contributed by atoms with Crippen molar-refractivity contribution in [2.24, 2.45) is 5.92 Å². The Morgan fingerprint density at radius 3 is 2.52 bits per heavy atom. The molecular weight excluding hydrogens is 409 g/mol. The highest BCUT2D eigenvalue weighted by atomic mass is 32.2. The first-order valence-electron chi connectivity index (χ1n) is 9.14. The lowest BCUT2D eigenvalue weighted by Crippen LogP contribution is -2.16. The largest absolute Gasteiger partial charge is 0.457 e. The Morgan fingerprint density at radius 2 is 1.79 bits per heavy atom. The van der Waals surface area contributed by atoms with E-state index in [4.69, 9.17) is 8.92 Å². The second kappa shape index (κ2) is 8.62. The number of benzene rings is 2. The lowest BCUT2D eigenvalue weighted by atomic mass is 10.1. The number of ether oxygens (including phenoxy) is 1. The van der Waals surface area contributed by atoms with Crippen LogP contribution in [0.5, 0.6) is 17.2 Å². The lowest BCUT2D eigenvalue weighted by molar-refractivity contribution is -0.134. The standard InChI is InChI=1S/C20H21F3O5S/c21-20(22,23)8-3-9-29(25,26)28-17-6-2-5-16(12-17)27-19-7-1-4-15-10-14(13-24)11-18(15)19/h1-2,4-7,12,14,24H,3,8-11,13H2/t14-/m0/s1. The number of aliphatic hydroxyl groups excluding tert-OH is 1. The van der Waals surface area contributed by atoms with Crippen molar-refractivity contribution in [1.82, 2.24) is 0 Å². The van der Waals surface area contributed by atoms with Crippen molar-refractivity contribution >= 4 is 10.1 Å². The predicted molar refractivity (Wildman–Crippen MR) is 101 cm³/mol. The zero-order chi connectivity index (χ0) is 21.1. The summed E-state index contributed by atoms with van der Waals surface area (Å²) >= 11 is 0. The van der Waals surface area contributed by atoms with Crippen LogP contribution in [-0.2, 0) is 23.0 Å². The second-order valence-corrected chi connectivity index (χ2v) is 8.68. The van der Waals surface area contributed by atoms with Gasteiger partial charge in [-0.3, -0.25) is 0 Å². The highest BCUT2D eigenvalue weighted by Crippen LogP contribution is 2.36. The molecule has 5 nitrogen and oxygen atoms in total. The third-order valence-corrected chi connectivity index (χ3v) is 5.84. The number of rotatable bonds is 8. The van der Waals surface area contributed by atoms with Crippen molar-refractivity contribution < 1.29 is 35.6 Å². The summed E-state index contributed by atoms with van der Waals surface area (Å²) in [6, 6.07) is 11.5. The third-order valence-electron chi connectivity index (χ3n) is 4.60. The van der Waals surface area contributed by atoms with Gasteiger partial charge in [0, 0.05) is 19.1 Å². The Bertz CT molecular complexity index is 957. The van der Waals surface area contributed by atoms with Gasteiger partial charge in [-0.05, 0) is 54.5 Å². The lowest BCUT2D eigenvalue weighted by Gasteiger charge is -2.12. The van der Waals surface area contributed by atoms with Crippen LogP contribution in [0.25, 0.3) is 0 Å². The molecule has 29 heavy (non-hydrogen) atoms. The number of halogens is 3. The number of hydrogen-bond donors (Lipinski definition) is 1. The number of fused-ring (bicyclic) bond motifs is 1. The molecule has 0 spiro atoms. The van der Waals surface area contributed by atoms with Gasteiger partial charge in [-0.25, -0.2) is 0 Å². The van der Waals surface area contributed by atoms with Gasteiger partial charge in [-0.2, -0.15) is 21.6 Å². The van der Waals surface area contributed by atoms with Crippen LogP contribution in [0.4, 0.5) is 13.2 Å². The Hall–Kier alpha value is -2.26. The van der Waals surface area contributed by atoms with E-state index in [9.17, 15) is 26.7 Å². The molecular formula is C20H21F3O5S. The van der Waals surface area contributed by atoms with E-state index in [1.54, 1.807) is 12.1 Å². The molecule has 1 atom stereocenters. The van der Waals surface area contributed by atoms with Crippen LogP contribution in [0.3, 0.4) is 0 Å². The molecule has 2 aromatic rings. The van der Waals surface area contributed by atoms with Crippen LogP contribution >= 0.6 is 0 Å². The summed E-state index contributed by atoms with van der Waals surface area (Å²) in [5.74, 6) is 0.339. The Balaban J connectivity index is 1.68. The predicted octanol–water partition coefficient (Wildman–Crippen LogP) is 4.24. The molecule has 0 saturated heterocycles. The van der Waals surface area contributed by atoms with E-state index in [1.807, 2.05) is 12.1 Å². The molecule has 3 rings (SSSR count). The van der Waals surface area contributed by atoms with Gasteiger partial charge in [-0.1, -0.05) is 18.2 Å². The monoisotopic (exact) mass is 430 g/mol. The number of hydrogen-bond acceptors (Lipinski definition) is 5. The normalized spacial score (nSPS) is 16.5. The molecule has 0 amide bonds. The zero-order valence-corrected chi connectivity index (χ0v) is 16.3. The van der Waals surface area contributed by atoms with Gasteiger partial charge >= 0.3 is 16.3 Å². The van der Waals surface area contributed by atoms with Crippen molar-refractivity contribution in [2.45, 2.75) is 31.9 Å². The van der Waals surface area contributed by atoms with Gasteiger partial charge < -0.3 is 14.0 Å². The van der Waals surface area contributed by atoms with Crippen LogP contribution in [0, 0.1) is 5.92 Å². The molecule has 158 valence electrons. The maximum absolute atomic E-state index is 12.2. The highest BCUT2D eigenvalue weighted by molar-refractivity contribution is 7.87. The average Bonchev–Trinajstić information content (AvgIpc) is 3.05. The van der Waals surface area contributed by atoms with Crippen molar-refractivity contribution in [3.05, 3.63) is 53.6 Å². The van der Waals surface area contributed by atoms with Crippen molar-refractivity contribution in [1.29, 1.82) is 0 Å². The molecule has 2 aromatic carbocycles. The fourth-order valence-corrected chi connectivity index (χ4v) is 4.26. The first kappa shape index (κ1) is 21.4. The van der Waals surface area contributed by atoms with Gasteiger partial charge in [0.1, 0.15) is 17.2 Å². The van der Waals surface area contributed by atoms with E-state index in [0.29, 0.717) is 17.9 Å². The SMILES string of the molecule is O=S(=O)(CCCC(F)(F)F)Oc1cccc(Oc2cccc3c2C[C@@H](CO)C3)c1. The van der Waals surface area contributed by atoms with Gasteiger partial charge in [0.2, 0.25) is 0 Å². The minimum Gasteiger partial charge on any atom is -0.457 e. The summed E-state index contributed by atoms with van der Waals surface area (Å²) in [7, 11) is -4.15. The molecule has 0 aromatic heterocycles. The first-order chi connectivity index (χ1) is 13.6. The van der Waals surface area contributed by atoms with Gasteiger partial charge in [0.25, 0.3) is 0 Å². The zero-order valence-electron chi connectivity index (χ0n) is 15.5. The minimum absolute atomic E-state index is 0.0321. The fourth-order valence-electron chi connectivity index (χ4n) is 3.28. The van der Waals surface area contributed by atoms with Crippen molar-refractivity contribution in [3.8, 4) is 17.2 Å². The van der Waals surface area contributed by atoms with Crippen LogP contribution in [-0.4, -0.2) is 32.1 Å². The van der Waals surface area contributed by atoms with E-state index in [1.165, 1.54) is 18.2 Å². The Morgan fingerprint density at radius 1 is 1.07 bits per heavy atom. The van der Waals surface area contributed by atoms with Crippen LogP contribution in [0.1, 0.15) is 24.0 Å². The molecule has 1 aliphatic carbocycles. The van der Waals surface area contributed by atoms with E-state index in [2.05, 4.69) is 0 Å². The van der Waals surface area contributed by atoms with Crippen molar-refractivity contribution in [2.75, 3.05) is 12.4 Å². The molecule has 9 heteroatoms. The van der Waals surface area contributed by atoms with E-state index < -0.39 is 34.9 Å². The maximum Gasteiger partial charge on any atom is 0.389 e. The van der Waals surface area contributed by atoms with Crippen molar-refractivity contribution in [3.63, 3.8) is 0 Å². The van der Waals surface area contributed by atoms with Gasteiger partial charge in [0.15, 0.2) is 0 Å². The fraction of sp³-hybridized carbons (Fsp3) is 0.400. The van der Waals surface area contributed by atoms with E-state index in [0.717, 1.165) is 17.5 Å². The number of alkyl halides is 3. The summed E-state index contributed by atoms with van der Waals surface area (Å²) in [5.41, 5.74) is 2.10. The third kappa shape index (κ3) is 6.11. The quantitative estimate of drug-likeness (QED) is 0.635. The molecule has 0 aliphatic heterocycles. The molecule has 0 saturated carbocycles. The molecule has 1 N–H and O–H groups in total. The smallest absolute Gasteiger partial charge is 0.389 e. The van der Waals surface area contributed by atoms with Crippen LogP contribution in [0.2, 0.25) is 0 Å². The van der Waals surface area contributed by atoms with E-state index >= 15 is 0 Å².